The quantitative estimate of drug-likeness (QED) is 0.564. The van der Waals surface area contributed by atoms with E-state index in [0.717, 1.165) is 18.4 Å². The molecule has 0 aliphatic heterocycles. The van der Waals surface area contributed by atoms with Gasteiger partial charge in [0.15, 0.2) is 0 Å². The van der Waals surface area contributed by atoms with Gasteiger partial charge in [-0.1, -0.05) is 32.9 Å². The second-order valence-electron chi connectivity index (χ2n) is 5.85. The summed E-state index contributed by atoms with van der Waals surface area (Å²) < 4.78 is 0. The molecule has 0 aliphatic rings. The molecule has 0 aromatic heterocycles. The first kappa shape index (κ1) is 16.6. The van der Waals surface area contributed by atoms with Crippen LogP contribution in [0.25, 0.3) is 0 Å². The van der Waals surface area contributed by atoms with Gasteiger partial charge in [0.05, 0.1) is 4.92 Å². The highest BCUT2D eigenvalue weighted by Gasteiger charge is 2.15. The van der Waals surface area contributed by atoms with Gasteiger partial charge >= 0.3 is 0 Å². The van der Waals surface area contributed by atoms with Crippen molar-refractivity contribution in [1.29, 1.82) is 0 Å². The molecule has 1 N–H and O–H groups in total. The largest absolute Gasteiger partial charge is 0.307 e. The Morgan fingerprint density at radius 1 is 1.25 bits per heavy atom. The zero-order valence-electron chi connectivity index (χ0n) is 12.9. The third kappa shape index (κ3) is 5.29. The molecule has 0 spiro atoms. The van der Waals surface area contributed by atoms with Crippen LogP contribution < -0.4 is 5.32 Å². The standard InChI is InChI=1S/C16H26N2O2/c1-5-16(17-13(4)10-9-12(2)3)14-7-6-8-15(11-14)18(19)20/h6-8,11-13,16-17H,5,9-10H2,1-4H3. The van der Waals surface area contributed by atoms with Crippen molar-refractivity contribution in [2.24, 2.45) is 5.92 Å². The zero-order valence-corrected chi connectivity index (χ0v) is 12.9. The number of rotatable bonds is 8. The number of hydrogen-bond acceptors (Lipinski definition) is 3. The number of nitrogens with zero attached hydrogens (tertiary/aromatic N) is 1. The van der Waals surface area contributed by atoms with Gasteiger partial charge in [-0.2, -0.15) is 0 Å². The number of non-ortho nitro benzene ring substituents is 1. The average Bonchev–Trinajstić information content (AvgIpc) is 2.42. The summed E-state index contributed by atoms with van der Waals surface area (Å²) in [5.41, 5.74) is 1.16. The Kier molecular flexibility index (Phi) is 6.65. The first-order valence-corrected chi connectivity index (χ1v) is 7.44. The van der Waals surface area contributed by atoms with Crippen molar-refractivity contribution in [2.45, 2.75) is 59.0 Å². The second kappa shape index (κ2) is 8.00. The summed E-state index contributed by atoms with van der Waals surface area (Å²) in [6.45, 7) is 8.74. The number of nitrogens with one attached hydrogen (secondary N) is 1. The minimum Gasteiger partial charge on any atom is -0.307 e. The van der Waals surface area contributed by atoms with E-state index in [1.54, 1.807) is 18.2 Å². The molecule has 0 saturated carbocycles. The van der Waals surface area contributed by atoms with E-state index in [-0.39, 0.29) is 16.7 Å². The SMILES string of the molecule is CCC(NC(C)CCC(C)C)c1cccc([N+](=O)[O-])c1. The minimum atomic E-state index is -0.335. The van der Waals surface area contributed by atoms with Crippen molar-refractivity contribution in [3.05, 3.63) is 39.9 Å². The molecular formula is C16H26N2O2. The van der Waals surface area contributed by atoms with Crippen molar-refractivity contribution in [2.75, 3.05) is 0 Å². The Morgan fingerprint density at radius 2 is 1.95 bits per heavy atom. The molecular weight excluding hydrogens is 252 g/mol. The van der Waals surface area contributed by atoms with Crippen LogP contribution in [0.15, 0.2) is 24.3 Å². The first-order chi connectivity index (χ1) is 9.43. The molecule has 0 fully saturated rings. The fourth-order valence-corrected chi connectivity index (χ4v) is 2.31. The van der Waals surface area contributed by atoms with E-state index < -0.39 is 0 Å². The Morgan fingerprint density at radius 3 is 2.50 bits per heavy atom. The van der Waals surface area contributed by atoms with Crippen LogP contribution in [0.4, 0.5) is 5.69 Å². The lowest BCUT2D eigenvalue weighted by Gasteiger charge is -2.23. The molecule has 4 heteroatoms. The van der Waals surface area contributed by atoms with Crippen LogP contribution in [0, 0.1) is 16.0 Å². The Hall–Kier alpha value is -1.42. The fraction of sp³-hybridized carbons (Fsp3) is 0.625. The molecule has 4 nitrogen and oxygen atoms in total. The normalized spacial score (nSPS) is 14.2. The van der Waals surface area contributed by atoms with Crippen molar-refractivity contribution < 1.29 is 4.92 Å². The van der Waals surface area contributed by atoms with Crippen molar-refractivity contribution >= 4 is 5.69 Å². The van der Waals surface area contributed by atoms with Crippen LogP contribution in [0.5, 0.6) is 0 Å². The van der Waals surface area contributed by atoms with Crippen LogP contribution in [0.2, 0.25) is 0 Å². The summed E-state index contributed by atoms with van der Waals surface area (Å²) >= 11 is 0. The first-order valence-electron chi connectivity index (χ1n) is 7.44. The zero-order chi connectivity index (χ0) is 15.1. The molecule has 1 rings (SSSR count). The summed E-state index contributed by atoms with van der Waals surface area (Å²) in [4.78, 5) is 10.5. The molecule has 20 heavy (non-hydrogen) atoms. The second-order valence-corrected chi connectivity index (χ2v) is 5.85. The van der Waals surface area contributed by atoms with E-state index in [1.165, 1.54) is 6.42 Å². The van der Waals surface area contributed by atoms with Gasteiger partial charge in [0, 0.05) is 24.2 Å². The predicted molar refractivity (Wildman–Crippen MR) is 82.8 cm³/mol. The van der Waals surface area contributed by atoms with Gasteiger partial charge in [-0.05, 0) is 37.7 Å². The average molecular weight is 278 g/mol. The van der Waals surface area contributed by atoms with Crippen molar-refractivity contribution in [3.8, 4) is 0 Å². The van der Waals surface area contributed by atoms with Gasteiger partial charge in [-0.15, -0.1) is 0 Å². The minimum absolute atomic E-state index is 0.164. The Bertz CT molecular complexity index is 432. The number of benzene rings is 1. The lowest BCUT2D eigenvalue weighted by Crippen LogP contribution is -2.30. The summed E-state index contributed by atoms with van der Waals surface area (Å²) in [7, 11) is 0. The molecule has 1 aromatic rings. The maximum absolute atomic E-state index is 10.8. The van der Waals surface area contributed by atoms with E-state index in [2.05, 4.69) is 33.0 Å². The van der Waals surface area contributed by atoms with Gasteiger partial charge in [-0.3, -0.25) is 10.1 Å². The van der Waals surface area contributed by atoms with Gasteiger partial charge in [0.25, 0.3) is 5.69 Å². The summed E-state index contributed by atoms with van der Waals surface area (Å²) in [6.07, 6.45) is 3.25. The van der Waals surface area contributed by atoms with Crippen molar-refractivity contribution in [1.82, 2.24) is 5.32 Å². The third-order valence-electron chi connectivity index (χ3n) is 3.55. The third-order valence-corrected chi connectivity index (χ3v) is 3.55. The maximum atomic E-state index is 10.8. The smallest absolute Gasteiger partial charge is 0.269 e. The highest BCUT2D eigenvalue weighted by atomic mass is 16.6. The molecule has 0 heterocycles. The summed E-state index contributed by atoms with van der Waals surface area (Å²) in [5.74, 6) is 0.706. The molecule has 1 aromatic carbocycles. The van der Waals surface area contributed by atoms with Crippen LogP contribution in [-0.2, 0) is 0 Å². The van der Waals surface area contributed by atoms with Gasteiger partial charge in [-0.25, -0.2) is 0 Å². The van der Waals surface area contributed by atoms with E-state index in [4.69, 9.17) is 0 Å². The summed E-state index contributed by atoms with van der Waals surface area (Å²) in [5, 5.41) is 14.4. The molecule has 2 atom stereocenters. The molecule has 0 radical (unpaired) electrons. The highest BCUT2D eigenvalue weighted by molar-refractivity contribution is 5.35. The molecule has 2 unspecified atom stereocenters. The molecule has 0 aliphatic carbocycles. The molecule has 0 amide bonds. The van der Waals surface area contributed by atoms with Crippen LogP contribution >= 0.6 is 0 Å². The molecule has 112 valence electrons. The lowest BCUT2D eigenvalue weighted by molar-refractivity contribution is -0.384. The van der Waals surface area contributed by atoms with Crippen LogP contribution in [-0.4, -0.2) is 11.0 Å². The Labute approximate surface area is 121 Å². The predicted octanol–water partition coefficient (Wildman–Crippen LogP) is 4.46. The number of nitro benzene ring substituents is 1. The highest BCUT2D eigenvalue weighted by Crippen LogP contribution is 2.22. The molecule has 0 saturated heterocycles. The van der Waals surface area contributed by atoms with Crippen LogP contribution in [0.3, 0.4) is 0 Å². The van der Waals surface area contributed by atoms with Crippen LogP contribution in [0.1, 0.15) is 58.6 Å². The van der Waals surface area contributed by atoms with Gasteiger partial charge in [0.2, 0.25) is 0 Å². The summed E-state index contributed by atoms with van der Waals surface area (Å²) in [6, 6.07) is 7.54. The number of nitro groups is 1. The van der Waals surface area contributed by atoms with Gasteiger partial charge in [0.1, 0.15) is 0 Å². The van der Waals surface area contributed by atoms with E-state index in [9.17, 15) is 10.1 Å². The van der Waals surface area contributed by atoms with E-state index in [0.29, 0.717) is 12.0 Å². The lowest BCUT2D eigenvalue weighted by atomic mass is 10.00. The monoisotopic (exact) mass is 278 g/mol. The van der Waals surface area contributed by atoms with E-state index in [1.807, 2.05) is 6.07 Å². The van der Waals surface area contributed by atoms with Crippen molar-refractivity contribution in [3.63, 3.8) is 0 Å². The van der Waals surface area contributed by atoms with Gasteiger partial charge < -0.3 is 5.32 Å². The Balaban J connectivity index is 2.70. The molecule has 0 bridgehead atoms. The maximum Gasteiger partial charge on any atom is 0.269 e. The topological polar surface area (TPSA) is 55.2 Å². The number of hydrogen-bond donors (Lipinski definition) is 1. The van der Waals surface area contributed by atoms with E-state index >= 15 is 0 Å². The fourth-order valence-electron chi connectivity index (χ4n) is 2.31.